The fourth-order valence-electron chi connectivity index (χ4n) is 2.42. The third kappa shape index (κ3) is 3.84. The van der Waals surface area contributed by atoms with Gasteiger partial charge < -0.3 is 10.1 Å². The van der Waals surface area contributed by atoms with Crippen LogP contribution in [0.5, 0.6) is 5.75 Å². The minimum Gasteiger partial charge on any atom is -0.496 e. The zero-order valence-corrected chi connectivity index (χ0v) is 11.4. The van der Waals surface area contributed by atoms with E-state index < -0.39 is 0 Å². The van der Waals surface area contributed by atoms with Gasteiger partial charge in [-0.15, -0.1) is 0 Å². The Labute approximate surface area is 114 Å². The average molecular weight is 256 g/mol. The zero-order chi connectivity index (χ0) is 13.5. The largest absolute Gasteiger partial charge is 0.496 e. The standard InChI is InChI=1S/C16H20N2O/c1-19-16-7-6-14(11-17)10-15(16)12-18-9-8-13-4-2-3-5-13/h4,6-7,10,18H,2-3,5,8-9,12H2,1H3. The van der Waals surface area contributed by atoms with Crippen LogP contribution >= 0.6 is 0 Å². The van der Waals surface area contributed by atoms with Crippen LogP contribution in [0.25, 0.3) is 0 Å². The van der Waals surface area contributed by atoms with E-state index in [2.05, 4.69) is 17.5 Å². The normalized spacial score (nSPS) is 14.0. The number of allylic oxidation sites excluding steroid dienone is 1. The van der Waals surface area contributed by atoms with E-state index in [1.54, 1.807) is 18.7 Å². The van der Waals surface area contributed by atoms with Crippen LogP contribution in [-0.2, 0) is 6.54 Å². The predicted octanol–water partition coefficient (Wildman–Crippen LogP) is 3.16. The summed E-state index contributed by atoms with van der Waals surface area (Å²) in [6.07, 6.45) is 7.30. The molecule has 19 heavy (non-hydrogen) atoms. The molecule has 1 aliphatic carbocycles. The minimum atomic E-state index is 0.677. The van der Waals surface area contributed by atoms with Crippen molar-refractivity contribution in [2.75, 3.05) is 13.7 Å². The van der Waals surface area contributed by atoms with Crippen molar-refractivity contribution >= 4 is 0 Å². The fraction of sp³-hybridized carbons (Fsp3) is 0.438. The molecule has 0 aliphatic heterocycles. The summed E-state index contributed by atoms with van der Waals surface area (Å²) >= 11 is 0. The SMILES string of the molecule is COc1ccc(C#N)cc1CNCCC1=CCCC1. The Morgan fingerprint density at radius 1 is 1.42 bits per heavy atom. The van der Waals surface area contributed by atoms with Gasteiger partial charge in [0.2, 0.25) is 0 Å². The topological polar surface area (TPSA) is 45.0 Å². The third-order valence-corrected chi connectivity index (χ3v) is 3.48. The Balaban J connectivity index is 1.85. The van der Waals surface area contributed by atoms with Crippen LogP contribution in [0, 0.1) is 11.3 Å². The highest BCUT2D eigenvalue weighted by atomic mass is 16.5. The second kappa shape index (κ2) is 6.96. The summed E-state index contributed by atoms with van der Waals surface area (Å²) in [4.78, 5) is 0. The Morgan fingerprint density at radius 2 is 2.32 bits per heavy atom. The quantitative estimate of drug-likeness (QED) is 0.628. The van der Waals surface area contributed by atoms with Gasteiger partial charge in [0.25, 0.3) is 0 Å². The highest BCUT2D eigenvalue weighted by Gasteiger charge is 2.06. The number of hydrogen-bond donors (Lipinski definition) is 1. The molecule has 0 bridgehead atoms. The first-order valence-electron chi connectivity index (χ1n) is 6.79. The third-order valence-electron chi connectivity index (χ3n) is 3.48. The highest BCUT2D eigenvalue weighted by Crippen LogP contribution is 2.21. The molecule has 1 N–H and O–H groups in total. The first kappa shape index (κ1) is 13.6. The smallest absolute Gasteiger partial charge is 0.123 e. The van der Waals surface area contributed by atoms with Gasteiger partial charge in [0, 0.05) is 12.1 Å². The molecule has 0 saturated heterocycles. The summed E-state index contributed by atoms with van der Waals surface area (Å²) in [5, 5.41) is 12.3. The van der Waals surface area contributed by atoms with Crippen LogP contribution in [0.3, 0.4) is 0 Å². The fourth-order valence-corrected chi connectivity index (χ4v) is 2.42. The maximum Gasteiger partial charge on any atom is 0.123 e. The van der Waals surface area contributed by atoms with Gasteiger partial charge in [-0.1, -0.05) is 11.6 Å². The first-order valence-corrected chi connectivity index (χ1v) is 6.79. The second-order valence-electron chi connectivity index (χ2n) is 4.82. The Morgan fingerprint density at radius 3 is 3.00 bits per heavy atom. The van der Waals surface area contributed by atoms with Crippen LogP contribution in [0.2, 0.25) is 0 Å². The molecule has 0 radical (unpaired) electrons. The average Bonchev–Trinajstić information content (AvgIpc) is 2.96. The number of benzene rings is 1. The van der Waals surface area contributed by atoms with Crippen molar-refractivity contribution in [1.82, 2.24) is 5.32 Å². The lowest BCUT2D eigenvalue weighted by molar-refractivity contribution is 0.407. The highest BCUT2D eigenvalue weighted by molar-refractivity contribution is 5.41. The number of hydrogen-bond acceptors (Lipinski definition) is 3. The molecule has 0 unspecified atom stereocenters. The van der Waals surface area contributed by atoms with Crippen LogP contribution in [0.15, 0.2) is 29.8 Å². The Kier molecular flexibility index (Phi) is 5.00. The molecule has 0 atom stereocenters. The second-order valence-corrected chi connectivity index (χ2v) is 4.82. The molecule has 1 aliphatic rings. The van der Waals surface area contributed by atoms with E-state index in [0.717, 1.165) is 30.8 Å². The van der Waals surface area contributed by atoms with E-state index in [-0.39, 0.29) is 0 Å². The summed E-state index contributed by atoms with van der Waals surface area (Å²) in [7, 11) is 1.66. The van der Waals surface area contributed by atoms with Crippen LogP contribution in [0.1, 0.15) is 36.8 Å². The molecule has 1 aromatic carbocycles. The maximum atomic E-state index is 8.92. The van der Waals surface area contributed by atoms with Gasteiger partial charge >= 0.3 is 0 Å². The summed E-state index contributed by atoms with van der Waals surface area (Å²) in [6, 6.07) is 7.69. The number of methoxy groups -OCH3 is 1. The summed E-state index contributed by atoms with van der Waals surface area (Å²) in [5.41, 5.74) is 3.29. The van der Waals surface area contributed by atoms with E-state index in [0.29, 0.717) is 5.56 Å². The zero-order valence-electron chi connectivity index (χ0n) is 11.4. The van der Waals surface area contributed by atoms with E-state index in [4.69, 9.17) is 10.00 Å². The minimum absolute atomic E-state index is 0.677. The molecule has 0 spiro atoms. The molecule has 2 rings (SSSR count). The number of ether oxygens (including phenoxy) is 1. The lowest BCUT2D eigenvalue weighted by atomic mass is 10.1. The van der Waals surface area contributed by atoms with Gasteiger partial charge in [-0.2, -0.15) is 5.26 Å². The van der Waals surface area contributed by atoms with Gasteiger partial charge in [-0.25, -0.2) is 0 Å². The molecular formula is C16H20N2O. The van der Waals surface area contributed by atoms with E-state index in [9.17, 15) is 0 Å². The number of nitrogens with zero attached hydrogens (tertiary/aromatic N) is 1. The van der Waals surface area contributed by atoms with Crippen molar-refractivity contribution in [3.63, 3.8) is 0 Å². The molecule has 0 amide bonds. The number of rotatable bonds is 6. The molecule has 3 nitrogen and oxygen atoms in total. The van der Waals surface area contributed by atoms with Crippen LogP contribution in [0.4, 0.5) is 0 Å². The summed E-state index contributed by atoms with van der Waals surface area (Å²) in [6.45, 7) is 1.72. The molecule has 3 heteroatoms. The van der Waals surface area contributed by atoms with Crippen LogP contribution < -0.4 is 10.1 Å². The maximum absolute atomic E-state index is 8.92. The first-order chi connectivity index (χ1) is 9.33. The van der Waals surface area contributed by atoms with Gasteiger partial charge in [0.1, 0.15) is 5.75 Å². The van der Waals surface area contributed by atoms with Crippen molar-refractivity contribution in [2.45, 2.75) is 32.2 Å². The number of nitriles is 1. The van der Waals surface area contributed by atoms with Crippen molar-refractivity contribution < 1.29 is 4.74 Å². The lowest BCUT2D eigenvalue weighted by Crippen LogP contribution is -2.15. The molecule has 0 saturated carbocycles. The van der Waals surface area contributed by atoms with Gasteiger partial charge in [-0.05, 0) is 50.4 Å². The van der Waals surface area contributed by atoms with Crippen LogP contribution in [-0.4, -0.2) is 13.7 Å². The van der Waals surface area contributed by atoms with Crippen molar-refractivity contribution in [3.05, 3.63) is 41.0 Å². The van der Waals surface area contributed by atoms with E-state index >= 15 is 0 Å². The van der Waals surface area contributed by atoms with Crippen molar-refractivity contribution in [1.29, 1.82) is 5.26 Å². The lowest BCUT2D eigenvalue weighted by Gasteiger charge is -2.10. The monoisotopic (exact) mass is 256 g/mol. The number of nitrogens with one attached hydrogen (secondary N) is 1. The Bertz CT molecular complexity index is 500. The van der Waals surface area contributed by atoms with Gasteiger partial charge in [0.15, 0.2) is 0 Å². The molecule has 100 valence electrons. The molecule has 1 aromatic rings. The summed E-state index contributed by atoms with van der Waals surface area (Å²) < 4.78 is 5.31. The van der Waals surface area contributed by atoms with Gasteiger partial charge in [-0.3, -0.25) is 0 Å². The Hall–Kier alpha value is -1.79. The predicted molar refractivity (Wildman–Crippen MR) is 76.0 cm³/mol. The molecular weight excluding hydrogens is 236 g/mol. The van der Waals surface area contributed by atoms with Crippen molar-refractivity contribution in [3.8, 4) is 11.8 Å². The van der Waals surface area contributed by atoms with Gasteiger partial charge in [0.05, 0.1) is 18.7 Å². The molecule has 0 fully saturated rings. The van der Waals surface area contributed by atoms with Crippen molar-refractivity contribution in [2.24, 2.45) is 0 Å². The molecule has 0 heterocycles. The molecule has 0 aromatic heterocycles. The van der Waals surface area contributed by atoms with E-state index in [1.807, 2.05) is 12.1 Å². The van der Waals surface area contributed by atoms with E-state index in [1.165, 1.54) is 19.3 Å². The summed E-state index contributed by atoms with van der Waals surface area (Å²) in [5.74, 6) is 0.839.